The fourth-order valence-corrected chi connectivity index (χ4v) is 3.19. The third-order valence-electron chi connectivity index (χ3n) is 3.99. The summed E-state index contributed by atoms with van der Waals surface area (Å²) >= 11 is 12.0. The average molecular weight is 327 g/mol. The van der Waals surface area contributed by atoms with Crippen LogP contribution < -0.4 is 5.73 Å². The van der Waals surface area contributed by atoms with Crippen molar-refractivity contribution in [1.29, 1.82) is 0 Å². The SMILES string of the molecule is NCC1CCC(c2nc(-c3ncc(Cl)cc3Cl)no2)CC1. The second kappa shape index (κ2) is 6.30. The highest BCUT2D eigenvalue weighted by Gasteiger charge is 2.26. The van der Waals surface area contributed by atoms with E-state index in [-0.39, 0.29) is 0 Å². The van der Waals surface area contributed by atoms with E-state index >= 15 is 0 Å². The quantitative estimate of drug-likeness (QED) is 0.930. The molecule has 0 unspecified atom stereocenters. The zero-order valence-electron chi connectivity index (χ0n) is 11.4. The Kier molecular flexibility index (Phi) is 4.42. The van der Waals surface area contributed by atoms with Gasteiger partial charge in [0, 0.05) is 12.1 Å². The molecule has 1 aliphatic rings. The Balaban J connectivity index is 1.77. The molecule has 2 aromatic rings. The van der Waals surface area contributed by atoms with Crippen LogP contribution in [0, 0.1) is 5.92 Å². The van der Waals surface area contributed by atoms with Gasteiger partial charge in [0.05, 0.1) is 10.0 Å². The summed E-state index contributed by atoms with van der Waals surface area (Å²) in [5.41, 5.74) is 6.20. The molecule has 0 aliphatic heterocycles. The zero-order valence-corrected chi connectivity index (χ0v) is 12.9. The van der Waals surface area contributed by atoms with Gasteiger partial charge in [0.2, 0.25) is 11.7 Å². The molecule has 0 amide bonds. The fourth-order valence-electron chi connectivity index (χ4n) is 2.72. The molecule has 2 N–H and O–H groups in total. The van der Waals surface area contributed by atoms with Crippen LogP contribution in [0.5, 0.6) is 0 Å². The van der Waals surface area contributed by atoms with Crippen molar-refractivity contribution in [2.24, 2.45) is 11.7 Å². The number of nitrogens with zero attached hydrogens (tertiary/aromatic N) is 3. The van der Waals surface area contributed by atoms with Crippen LogP contribution in [0.1, 0.15) is 37.5 Å². The third kappa shape index (κ3) is 3.20. The van der Waals surface area contributed by atoms with Crippen LogP contribution in [-0.4, -0.2) is 21.7 Å². The summed E-state index contributed by atoms with van der Waals surface area (Å²) in [6, 6.07) is 1.62. The van der Waals surface area contributed by atoms with Crippen LogP contribution in [0.3, 0.4) is 0 Å². The molecule has 0 bridgehead atoms. The van der Waals surface area contributed by atoms with Crippen molar-refractivity contribution >= 4 is 23.2 Å². The summed E-state index contributed by atoms with van der Waals surface area (Å²) in [5, 5.41) is 4.89. The predicted molar refractivity (Wildman–Crippen MR) is 81.3 cm³/mol. The molecule has 3 rings (SSSR count). The van der Waals surface area contributed by atoms with E-state index in [1.807, 2.05) is 0 Å². The van der Waals surface area contributed by atoms with E-state index in [9.17, 15) is 0 Å². The van der Waals surface area contributed by atoms with E-state index in [2.05, 4.69) is 15.1 Å². The normalized spacial score (nSPS) is 22.4. The molecule has 0 atom stereocenters. The summed E-state index contributed by atoms with van der Waals surface area (Å²) < 4.78 is 5.39. The van der Waals surface area contributed by atoms with E-state index in [1.165, 1.54) is 6.20 Å². The first-order valence-electron chi connectivity index (χ1n) is 7.02. The lowest BCUT2D eigenvalue weighted by molar-refractivity contribution is 0.275. The van der Waals surface area contributed by atoms with Crippen LogP contribution in [0.2, 0.25) is 10.0 Å². The Hall–Kier alpha value is -1.17. The molecule has 112 valence electrons. The van der Waals surface area contributed by atoms with Crippen molar-refractivity contribution in [2.45, 2.75) is 31.6 Å². The topological polar surface area (TPSA) is 77.8 Å². The number of hydrogen-bond acceptors (Lipinski definition) is 5. The lowest BCUT2D eigenvalue weighted by Crippen LogP contribution is -2.20. The van der Waals surface area contributed by atoms with Crippen molar-refractivity contribution in [3.05, 3.63) is 28.2 Å². The van der Waals surface area contributed by atoms with Crippen molar-refractivity contribution in [2.75, 3.05) is 6.54 Å². The first-order valence-corrected chi connectivity index (χ1v) is 7.78. The number of pyridine rings is 1. The number of halogens is 2. The van der Waals surface area contributed by atoms with Gasteiger partial charge < -0.3 is 10.3 Å². The molecule has 2 heterocycles. The Bertz CT molecular complexity index is 623. The lowest BCUT2D eigenvalue weighted by Gasteiger charge is -2.24. The van der Waals surface area contributed by atoms with Crippen LogP contribution in [0.4, 0.5) is 0 Å². The van der Waals surface area contributed by atoms with Gasteiger partial charge in [0.1, 0.15) is 5.69 Å². The Morgan fingerprint density at radius 1 is 1.24 bits per heavy atom. The molecular formula is C14H16Cl2N4O. The molecule has 0 spiro atoms. The monoisotopic (exact) mass is 326 g/mol. The van der Waals surface area contributed by atoms with Crippen LogP contribution >= 0.6 is 23.2 Å². The molecule has 2 aromatic heterocycles. The third-order valence-corrected chi connectivity index (χ3v) is 4.49. The number of nitrogens with two attached hydrogens (primary N) is 1. The molecule has 0 aromatic carbocycles. The van der Waals surface area contributed by atoms with Gasteiger partial charge in [-0.05, 0) is 44.2 Å². The minimum Gasteiger partial charge on any atom is -0.339 e. The number of hydrogen-bond donors (Lipinski definition) is 1. The average Bonchev–Trinajstić information content (AvgIpc) is 2.97. The highest BCUT2D eigenvalue weighted by atomic mass is 35.5. The highest BCUT2D eigenvalue weighted by Crippen LogP contribution is 2.35. The Morgan fingerprint density at radius 3 is 2.67 bits per heavy atom. The standard InChI is InChI=1S/C14H16Cl2N4O/c15-10-5-11(16)12(18-7-10)13-19-14(21-20-13)9-3-1-8(6-17)2-4-9/h5,7-9H,1-4,6,17H2. The predicted octanol–water partition coefficient (Wildman–Crippen LogP) is 3.67. The van der Waals surface area contributed by atoms with Gasteiger partial charge >= 0.3 is 0 Å². The van der Waals surface area contributed by atoms with Gasteiger partial charge in [-0.25, -0.2) is 4.98 Å². The maximum atomic E-state index is 6.11. The van der Waals surface area contributed by atoms with Crippen molar-refractivity contribution in [1.82, 2.24) is 15.1 Å². The largest absolute Gasteiger partial charge is 0.339 e. The summed E-state index contributed by atoms with van der Waals surface area (Å²) in [7, 11) is 0. The smallest absolute Gasteiger partial charge is 0.230 e. The lowest BCUT2D eigenvalue weighted by atomic mass is 9.82. The molecular weight excluding hydrogens is 311 g/mol. The molecule has 21 heavy (non-hydrogen) atoms. The van der Waals surface area contributed by atoms with Crippen molar-refractivity contribution in [3.8, 4) is 11.5 Å². The number of aromatic nitrogens is 3. The van der Waals surface area contributed by atoms with E-state index in [4.69, 9.17) is 33.5 Å². The second-order valence-corrected chi connectivity index (χ2v) is 6.24. The minimum absolute atomic E-state index is 0.306. The van der Waals surface area contributed by atoms with Gasteiger partial charge in [-0.2, -0.15) is 4.98 Å². The minimum atomic E-state index is 0.306. The zero-order chi connectivity index (χ0) is 14.8. The Labute approximate surface area is 132 Å². The van der Waals surface area contributed by atoms with Gasteiger partial charge in [0.25, 0.3) is 0 Å². The van der Waals surface area contributed by atoms with Crippen LogP contribution in [0.25, 0.3) is 11.5 Å². The fraction of sp³-hybridized carbons (Fsp3) is 0.500. The maximum Gasteiger partial charge on any atom is 0.230 e. The van der Waals surface area contributed by atoms with E-state index < -0.39 is 0 Å². The molecule has 1 aliphatic carbocycles. The van der Waals surface area contributed by atoms with Crippen molar-refractivity contribution < 1.29 is 4.52 Å². The van der Waals surface area contributed by atoms with Gasteiger partial charge in [-0.3, -0.25) is 0 Å². The van der Waals surface area contributed by atoms with Crippen LogP contribution in [0.15, 0.2) is 16.8 Å². The Morgan fingerprint density at radius 2 is 2.00 bits per heavy atom. The van der Waals surface area contributed by atoms with Crippen molar-refractivity contribution in [3.63, 3.8) is 0 Å². The van der Waals surface area contributed by atoms with E-state index in [0.717, 1.165) is 32.2 Å². The summed E-state index contributed by atoms with van der Waals surface area (Å²) in [6.45, 7) is 0.756. The van der Waals surface area contributed by atoms with Gasteiger partial charge in [0.15, 0.2) is 0 Å². The molecule has 7 heteroatoms. The molecule has 0 radical (unpaired) electrons. The summed E-state index contributed by atoms with van der Waals surface area (Å²) in [6.07, 6.45) is 5.81. The summed E-state index contributed by atoms with van der Waals surface area (Å²) in [4.78, 5) is 8.61. The summed E-state index contributed by atoms with van der Waals surface area (Å²) in [5.74, 6) is 2.00. The molecule has 1 saturated carbocycles. The van der Waals surface area contributed by atoms with E-state index in [0.29, 0.717) is 39.3 Å². The van der Waals surface area contributed by atoms with E-state index in [1.54, 1.807) is 6.07 Å². The highest BCUT2D eigenvalue weighted by molar-refractivity contribution is 6.35. The van der Waals surface area contributed by atoms with Gasteiger partial charge in [-0.1, -0.05) is 28.4 Å². The van der Waals surface area contributed by atoms with Gasteiger partial charge in [-0.15, -0.1) is 0 Å². The molecule has 5 nitrogen and oxygen atoms in total. The second-order valence-electron chi connectivity index (χ2n) is 5.39. The molecule has 0 saturated heterocycles. The number of rotatable bonds is 3. The first kappa shape index (κ1) is 14.8. The maximum absolute atomic E-state index is 6.11. The first-order chi connectivity index (χ1) is 10.2. The molecule has 1 fully saturated rings. The van der Waals surface area contributed by atoms with Crippen LogP contribution in [-0.2, 0) is 0 Å².